The van der Waals surface area contributed by atoms with Gasteiger partial charge in [0.1, 0.15) is 6.04 Å². The second-order valence-electron chi connectivity index (χ2n) is 4.97. The summed E-state index contributed by atoms with van der Waals surface area (Å²) in [7, 11) is 1.41. The minimum absolute atomic E-state index is 0.222. The summed E-state index contributed by atoms with van der Waals surface area (Å²) in [5, 5.41) is 3.97. The van der Waals surface area contributed by atoms with Crippen LogP contribution in [0.25, 0.3) is 0 Å². The Labute approximate surface area is 124 Å². The Kier molecular flexibility index (Phi) is 6.95. The molecule has 0 aliphatic heterocycles. The first-order chi connectivity index (χ1) is 9.42. The van der Waals surface area contributed by atoms with Gasteiger partial charge in [-0.2, -0.15) is 0 Å². The third kappa shape index (κ3) is 5.88. The fourth-order valence-electron chi connectivity index (χ4n) is 1.84. The Morgan fingerprint density at radius 2 is 1.95 bits per heavy atom. The van der Waals surface area contributed by atoms with E-state index in [0.29, 0.717) is 6.42 Å². The highest BCUT2D eigenvalue weighted by Crippen LogP contribution is 2.16. The van der Waals surface area contributed by atoms with Gasteiger partial charge in [0, 0.05) is 23.2 Å². The van der Waals surface area contributed by atoms with Crippen molar-refractivity contribution in [1.82, 2.24) is 15.3 Å². The Morgan fingerprint density at radius 1 is 1.35 bits per heavy atom. The van der Waals surface area contributed by atoms with Crippen LogP contribution < -0.4 is 5.32 Å². The first-order valence-corrected chi connectivity index (χ1v) is 7.70. The standard InChI is InChI=1S/C14H23N3O2S/c1-9(2)15-12(13(18)19-5)6-7-20-14-16-10(3)8-11(4)17-14/h8-9,12,15H,6-7H2,1-5H3. The van der Waals surface area contributed by atoms with Gasteiger partial charge in [0.15, 0.2) is 5.16 Å². The van der Waals surface area contributed by atoms with Crippen molar-refractivity contribution < 1.29 is 9.53 Å². The molecule has 5 nitrogen and oxygen atoms in total. The number of esters is 1. The van der Waals surface area contributed by atoms with E-state index in [9.17, 15) is 4.79 Å². The number of nitrogens with zero attached hydrogens (tertiary/aromatic N) is 2. The van der Waals surface area contributed by atoms with Crippen molar-refractivity contribution in [2.24, 2.45) is 0 Å². The Balaban J connectivity index is 2.53. The van der Waals surface area contributed by atoms with Crippen molar-refractivity contribution in [2.45, 2.75) is 51.4 Å². The highest BCUT2D eigenvalue weighted by molar-refractivity contribution is 7.99. The number of hydrogen-bond donors (Lipinski definition) is 1. The number of hydrogen-bond acceptors (Lipinski definition) is 6. The Morgan fingerprint density at radius 3 is 2.45 bits per heavy atom. The van der Waals surface area contributed by atoms with Crippen LogP contribution in [0.2, 0.25) is 0 Å². The monoisotopic (exact) mass is 297 g/mol. The third-order valence-electron chi connectivity index (χ3n) is 2.62. The number of aromatic nitrogens is 2. The van der Waals surface area contributed by atoms with Crippen LogP contribution in [0.4, 0.5) is 0 Å². The van der Waals surface area contributed by atoms with Gasteiger partial charge >= 0.3 is 5.97 Å². The van der Waals surface area contributed by atoms with Gasteiger partial charge in [-0.1, -0.05) is 25.6 Å². The summed E-state index contributed by atoms with van der Waals surface area (Å²) in [4.78, 5) is 20.4. The van der Waals surface area contributed by atoms with Crippen molar-refractivity contribution in [1.29, 1.82) is 0 Å². The van der Waals surface area contributed by atoms with Crippen molar-refractivity contribution in [3.8, 4) is 0 Å². The first kappa shape index (κ1) is 16.9. The number of carbonyl (C=O) groups is 1. The quantitative estimate of drug-likeness (QED) is 0.472. The molecule has 0 fully saturated rings. The maximum Gasteiger partial charge on any atom is 0.322 e. The third-order valence-corrected chi connectivity index (χ3v) is 3.50. The molecule has 6 heteroatoms. The van der Waals surface area contributed by atoms with Crippen LogP contribution in [-0.4, -0.2) is 40.9 Å². The van der Waals surface area contributed by atoms with Crippen molar-refractivity contribution in [2.75, 3.05) is 12.9 Å². The highest BCUT2D eigenvalue weighted by atomic mass is 32.2. The van der Waals surface area contributed by atoms with Crippen LogP contribution in [0.3, 0.4) is 0 Å². The lowest BCUT2D eigenvalue weighted by molar-refractivity contribution is -0.143. The second kappa shape index (κ2) is 8.21. The van der Waals surface area contributed by atoms with Crippen molar-refractivity contribution >= 4 is 17.7 Å². The normalized spacial score (nSPS) is 12.5. The molecule has 0 radical (unpaired) electrons. The van der Waals surface area contributed by atoms with Gasteiger partial charge in [0.2, 0.25) is 0 Å². The first-order valence-electron chi connectivity index (χ1n) is 6.71. The topological polar surface area (TPSA) is 64.1 Å². The maximum atomic E-state index is 11.7. The number of methoxy groups -OCH3 is 1. The lowest BCUT2D eigenvalue weighted by Crippen LogP contribution is -2.41. The van der Waals surface area contributed by atoms with Gasteiger partial charge in [0.25, 0.3) is 0 Å². The molecule has 0 spiro atoms. The zero-order chi connectivity index (χ0) is 15.1. The van der Waals surface area contributed by atoms with E-state index in [2.05, 4.69) is 15.3 Å². The molecule has 1 atom stereocenters. The number of nitrogens with one attached hydrogen (secondary N) is 1. The average Bonchev–Trinajstić information content (AvgIpc) is 2.35. The molecule has 1 rings (SSSR count). The predicted molar refractivity (Wildman–Crippen MR) is 80.9 cm³/mol. The number of aryl methyl sites for hydroxylation is 2. The summed E-state index contributed by atoms with van der Waals surface area (Å²) in [5.74, 6) is 0.545. The Hall–Kier alpha value is -1.14. The van der Waals surface area contributed by atoms with Crippen molar-refractivity contribution in [3.05, 3.63) is 17.5 Å². The molecule has 0 aliphatic carbocycles. The summed E-state index contributed by atoms with van der Waals surface area (Å²) >= 11 is 1.56. The highest BCUT2D eigenvalue weighted by Gasteiger charge is 2.19. The van der Waals surface area contributed by atoms with Gasteiger partial charge in [-0.05, 0) is 26.3 Å². The van der Waals surface area contributed by atoms with E-state index in [1.165, 1.54) is 7.11 Å². The second-order valence-corrected chi connectivity index (χ2v) is 6.03. The van der Waals surface area contributed by atoms with Gasteiger partial charge in [-0.3, -0.25) is 4.79 Å². The molecule has 20 heavy (non-hydrogen) atoms. The van der Waals surface area contributed by atoms with Crippen LogP contribution in [0.5, 0.6) is 0 Å². The summed E-state index contributed by atoms with van der Waals surface area (Å²) in [6.07, 6.45) is 0.686. The lowest BCUT2D eigenvalue weighted by atomic mass is 10.2. The maximum absolute atomic E-state index is 11.7. The fraction of sp³-hybridized carbons (Fsp3) is 0.643. The van der Waals surface area contributed by atoms with Gasteiger partial charge < -0.3 is 10.1 Å². The van der Waals surface area contributed by atoms with E-state index in [4.69, 9.17) is 4.74 Å². The number of rotatable bonds is 7. The molecule has 1 unspecified atom stereocenters. The molecule has 1 N–H and O–H groups in total. The van der Waals surface area contributed by atoms with Crippen molar-refractivity contribution in [3.63, 3.8) is 0 Å². The molecular weight excluding hydrogens is 274 g/mol. The molecule has 112 valence electrons. The fourth-order valence-corrected chi connectivity index (χ4v) is 2.79. The molecule has 1 heterocycles. The lowest BCUT2D eigenvalue weighted by Gasteiger charge is -2.18. The minimum Gasteiger partial charge on any atom is -0.468 e. The van der Waals surface area contributed by atoms with E-state index in [-0.39, 0.29) is 18.1 Å². The van der Waals surface area contributed by atoms with Gasteiger partial charge in [-0.25, -0.2) is 9.97 Å². The SMILES string of the molecule is COC(=O)C(CCSc1nc(C)cc(C)n1)NC(C)C. The molecule has 0 aromatic carbocycles. The summed E-state index contributed by atoms with van der Waals surface area (Å²) < 4.78 is 4.81. The molecule has 0 aliphatic rings. The summed E-state index contributed by atoms with van der Waals surface area (Å²) in [6, 6.07) is 1.90. The van der Waals surface area contributed by atoms with Crippen LogP contribution in [0, 0.1) is 13.8 Å². The van der Waals surface area contributed by atoms with Crippen LogP contribution >= 0.6 is 11.8 Å². The van der Waals surface area contributed by atoms with E-state index in [1.54, 1.807) is 11.8 Å². The molecule has 0 bridgehead atoms. The van der Waals surface area contributed by atoms with Gasteiger partial charge in [0.05, 0.1) is 7.11 Å². The van der Waals surface area contributed by atoms with E-state index in [0.717, 1.165) is 22.3 Å². The van der Waals surface area contributed by atoms with Crippen LogP contribution in [-0.2, 0) is 9.53 Å². The molecule has 0 saturated heterocycles. The molecule has 1 aromatic heterocycles. The largest absolute Gasteiger partial charge is 0.468 e. The number of carbonyl (C=O) groups excluding carboxylic acids is 1. The molecule has 0 saturated carbocycles. The van der Waals surface area contributed by atoms with Crippen LogP contribution in [0.15, 0.2) is 11.2 Å². The number of ether oxygens (including phenoxy) is 1. The zero-order valence-electron chi connectivity index (χ0n) is 12.8. The zero-order valence-corrected chi connectivity index (χ0v) is 13.6. The van der Waals surface area contributed by atoms with Gasteiger partial charge in [-0.15, -0.1) is 0 Å². The summed E-state index contributed by atoms with van der Waals surface area (Å²) in [5.41, 5.74) is 1.93. The predicted octanol–water partition coefficient (Wildman–Crippen LogP) is 2.12. The van der Waals surface area contributed by atoms with E-state index in [1.807, 2.05) is 33.8 Å². The smallest absolute Gasteiger partial charge is 0.322 e. The molecule has 0 amide bonds. The summed E-state index contributed by atoms with van der Waals surface area (Å²) in [6.45, 7) is 7.93. The van der Waals surface area contributed by atoms with Crippen LogP contribution in [0.1, 0.15) is 31.7 Å². The number of thioether (sulfide) groups is 1. The average molecular weight is 297 g/mol. The minimum atomic E-state index is -0.279. The molecular formula is C14H23N3O2S. The van der Waals surface area contributed by atoms with E-state index < -0.39 is 0 Å². The van der Waals surface area contributed by atoms with E-state index >= 15 is 0 Å². The molecule has 1 aromatic rings. The Bertz CT molecular complexity index is 432.